The van der Waals surface area contributed by atoms with Crippen LogP contribution in [0.2, 0.25) is 5.02 Å². The zero-order valence-electron chi connectivity index (χ0n) is 12.3. The molecule has 2 rings (SSSR count). The van der Waals surface area contributed by atoms with Gasteiger partial charge in [-0.05, 0) is 37.6 Å². The maximum atomic E-state index is 11.9. The SMILES string of the molecule is CCC(C)NC(=O)c1ccn(COc2ccc(Br)cc2Cl)n1. The third-order valence-electron chi connectivity index (χ3n) is 3.11. The first-order chi connectivity index (χ1) is 10.5. The first-order valence-electron chi connectivity index (χ1n) is 6.91. The van der Waals surface area contributed by atoms with E-state index in [4.69, 9.17) is 16.3 Å². The summed E-state index contributed by atoms with van der Waals surface area (Å²) in [5, 5.41) is 7.56. The first kappa shape index (κ1) is 16.8. The minimum atomic E-state index is -0.185. The second-order valence-corrected chi connectivity index (χ2v) is 6.19. The highest BCUT2D eigenvalue weighted by Gasteiger charge is 2.12. The average molecular weight is 387 g/mol. The molecular formula is C15H17BrClN3O2. The molecule has 1 N–H and O–H groups in total. The first-order valence-corrected chi connectivity index (χ1v) is 8.09. The van der Waals surface area contributed by atoms with E-state index in [0.717, 1.165) is 10.9 Å². The monoisotopic (exact) mass is 385 g/mol. The highest BCUT2D eigenvalue weighted by atomic mass is 79.9. The van der Waals surface area contributed by atoms with E-state index in [1.807, 2.05) is 19.9 Å². The highest BCUT2D eigenvalue weighted by Crippen LogP contribution is 2.27. The number of nitrogens with zero attached hydrogens (tertiary/aromatic N) is 2. The number of nitrogens with one attached hydrogen (secondary N) is 1. The van der Waals surface area contributed by atoms with Crippen molar-refractivity contribution in [2.24, 2.45) is 0 Å². The summed E-state index contributed by atoms with van der Waals surface area (Å²) in [6.45, 7) is 4.14. The summed E-state index contributed by atoms with van der Waals surface area (Å²) in [6, 6.07) is 7.15. The lowest BCUT2D eigenvalue weighted by molar-refractivity contribution is 0.0932. The van der Waals surface area contributed by atoms with Crippen LogP contribution in [0, 0.1) is 0 Å². The fraction of sp³-hybridized carbons (Fsp3) is 0.333. The Kier molecular flexibility index (Phi) is 5.85. The third kappa shape index (κ3) is 4.48. The molecule has 0 spiro atoms. The molecule has 0 saturated heterocycles. The van der Waals surface area contributed by atoms with Crippen LogP contribution >= 0.6 is 27.5 Å². The Morgan fingerprint density at radius 3 is 2.95 bits per heavy atom. The number of hydrogen-bond donors (Lipinski definition) is 1. The zero-order valence-corrected chi connectivity index (χ0v) is 14.7. The summed E-state index contributed by atoms with van der Waals surface area (Å²) < 4.78 is 8.02. The van der Waals surface area contributed by atoms with Crippen LogP contribution in [-0.4, -0.2) is 21.7 Å². The molecule has 1 aromatic heterocycles. The Morgan fingerprint density at radius 2 is 2.27 bits per heavy atom. The van der Waals surface area contributed by atoms with E-state index in [0.29, 0.717) is 16.5 Å². The predicted molar refractivity (Wildman–Crippen MR) is 89.2 cm³/mol. The molecule has 1 atom stereocenters. The smallest absolute Gasteiger partial charge is 0.271 e. The van der Waals surface area contributed by atoms with E-state index < -0.39 is 0 Å². The standard InChI is InChI=1S/C15H17BrClN3O2/c1-3-10(2)18-15(21)13-6-7-20(19-13)9-22-14-5-4-11(16)8-12(14)17/h4-8,10H,3,9H2,1-2H3,(H,18,21). The fourth-order valence-electron chi connectivity index (χ4n) is 1.68. The van der Waals surface area contributed by atoms with Crippen molar-refractivity contribution in [3.8, 4) is 5.75 Å². The molecule has 0 aliphatic heterocycles. The summed E-state index contributed by atoms with van der Waals surface area (Å²) in [5.41, 5.74) is 0.366. The van der Waals surface area contributed by atoms with Gasteiger partial charge in [0.15, 0.2) is 6.73 Å². The number of ether oxygens (including phenoxy) is 1. The number of amides is 1. The van der Waals surface area contributed by atoms with E-state index in [1.54, 1.807) is 29.1 Å². The molecule has 0 fully saturated rings. The van der Waals surface area contributed by atoms with Crippen LogP contribution in [0.25, 0.3) is 0 Å². The zero-order chi connectivity index (χ0) is 16.1. The lowest BCUT2D eigenvalue weighted by atomic mass is 10.2. The number of rotatable bonds is 6. The summed E-state index contributed by atoms with van der Waals surface area (Å²) in [4.78, 5) is 11.9. The van der Waals surface area contributed by atoms with Gasteiger partial charge >= 0.3 is 0 Å². The van der Waals surface area contributed by atoms with Crippen LogP contribution in [0.15, 0.2) is 34.9 Å². The highest BCUT2D eigenvalue weighted by molar-refractivity contribution is 9.10. The van der Waals surface area contributed by atoms with Gasteiger partial charge in [-0.3, -0.25) is 4.79 Å². The number of carbonyl (C=O) groups is 1. The third-order valence-corrected chi connectivity index (χ3v) is 3.90. The van der Waals surface area contributed by atoms with Crippen LogP contribution in [0.4, 0.5) is 0 Å². The van der Waals surface area contributed by atoms with Crippen LogP contribution < -0.4 is 10.1 Å². The van der Waals surface area contributed by atoms with E-state index in [1.165, 1.54) is 0 Å². The number of benzene rings is 1. The largest absolute Gasteiger partial charge is 0.470 e. The molecule has 5 nitrogen and oxygen atoms in total. The molecular weight excluding hydrogens is 370 g/mol. The number of aromatic nitrogens is 2. The Morgan fingerprint density at radius 1 is 1.50 bits per heavy atom. The molecule has 1 aromatic carbocycles. The van der Waals surface area contributed by atoms with Crippen molar-refractivity contribution in [2.45, 2.75) is 33.0 Å². The van der Waals surface area contributed by atoms with Gasteiger partial charge in [-0.15, -0.1) is 0 Å². The van der Waals surface area contributed by atoms with Crippen LogP contribution in [-0.2, 0) is 6.73 Å². The quantitative estimate of drug-likeness (QED) is 0.820. The lowest BCUT2D eigenvalue weighted by Gasteiger charge is -2.10. The molecule has 0 saturated carbocycles. The Hall–Kier alpha value is -1.53. The maximum absolute atomic E-state index is 11.9. The van der Waals surface area contributed by atoms with Crippen molar-refractivity contribution in [3.05, 3.63) is 45.7 Å². The molecule has 0 bridgehead atoms. The van der Waals surface area contributed by atoms with Gasteiger partial charge < -0.3 is 10.1 Å². The van der Waals surface area contributed by atoms with Gasteiger partial charge in [0.2, 0.25) is 0 Å². The summed E-state index contributed by atoms with van der Waals surface area (Å²) in [7, 11) is 0. The maximum Gasteiger partial charge on any atom is 0.271 e. The molecule has 0 aliphatic rings. The summed E-state index contributed by atoms with van der Waals surface area (Å²) >= 11 is 9.41. The number of carbonyl (C=O) groups excluding carboxylic acids is 1. The molecule has 1 heterocycles. The minimum absolute atomic E-state index is 0.121. The van der Waals surface area contributed by atoms with Crippen molar-refractivity contribution in [2.75, 3.05) is 0 Å². The number of halogens is 2. The molecule has 2 aromatic rings. The predicted octanol–water partition coefficient (Wildman–Crippen LogP) is 3.86. The second kappa shape index (κ2) is 7.65. The van der Waals surface area contributed by atoms with Crippen molar-refractivity contribution in [1.82, 2.24) is 15.1 Å². The Labute approximate surface area is 142 Å². The van der Waals surface area contributed by atoms with Crippen molar-refractivity contribution in [1.29, 1.82) is 0 Å². The van der Waals surface area contributed by atoms with Crippen LogP contribution in [0.1, 0.15) is 30.8 Å². The molecule has 0 radical (unpaired) electrons. The Bertz CT molecular complexity index is 660. The van der Waals surface area contributed by atoms with Crippen molar-refractivity contribution < 1.29 is 9.53 Å². The van der Waals surface area contributed by atoms with Crippen molar-refractivity contribution >= 4 is 33.4 Å². The second-order valence-electron chi connectivity index (χ2n) is 4.87. The summed E-state index contributed by atoms with van der Waals surface area (Å²) in [6.07, 6.45) is 2.57. The lowest BCUT2D eigenvalue weighted by Crippen LogP contribution is -2.32. The molecule has 118 valence electrons. The van der Waals surface area contributed by atoms with E-state index in [2.05, 4.69) is 26.3 Å². The van der Waals surface area contributed by atoms with Gasteiger partial charge in [0.1, 0.15) is 11.4 Å². The van der Waals surface area contributed by atoms with E-state index in [9.17, 15) is 4.79 Å². The Balaban J connectivity index is 1.96. The molecule has 7 heteroatoms. The fourth-order valence-corrected chi connectivity index (χ4v) is 2.41. The van der Waals surface area contributed by atoms with Gasteiger partial charge in [0.25, 0.3) is 5.91 Å². The normalized spacial score (nSPS) is 12.0. The topological polar surface area (TPSA) is 56.2 Å². The minimum Gasteiger partial charge on any atom is -0.470 e. The summed E-state index contributed by atoms with van der Waals surface area (Å²) in [5.74, 6) is 0.376. The van der Waals surface area contributed by atoms with Gasteiger partial charge in [0.05, 0.1) is 5.02 Å². The van der Waals surface area contributed by atoms with Gasteiger partial charge in [-0.25, -0.2) is 4.68 Å². The molecule has 22 heavy (non-hydrogen) atoms. The number of hydrogen-bond acceptors (Lipinski definition) is 3. The van der Waals surface area contributed by atoms with Gasteiger partial charge in [-0.2, -0.15) is 5.10 Å². The molecule has 0 aliphatic carbocycles. The molecule has 1 amide bonds. The van der Waals surface area contributed by atoms with Crippen LogP contribution in [0.5, 0.6) is 5.75 Å². The molecule has 1 unspecified atom stereocenters. The van der Waals surface area contributed by atoms with E-state index in [-0.39, 0.29) is 18.7 Å². The van der Waals surface area contributed by atoms with Gasteiger partial charge in [0, 0.05) is 16.7 Å². The van der Waals surface area contributed by atoms with Crippen molar-refractivity contribution in [3.63, 3.8) is 0 Å². The van der Waals surface area contributed by atoms with Crippen LogP contribution in [0.3, 0.4) is 0 Å². The van der Waals surface area contributed by atoms with Gasteiger partial charge in [-0.1, -0.05) is 34.5 Å². The average Bonchev–Trinajstić information content (AvgIpc) is 2.95. The van der Waals surface area contributed by atoms with E-state index >= 15 is 0 Å².